The van der Waals surface area contributed by atoms with Gasteiger partial charge in [0.2, 0.25) is 11.8 Å². The lowest BCUT2D eigenvalue weighted by Gasteiger charge is -2.26. The number of halogens is 1. The van der Waals surface area contributed by atoms with Crippen LogP contribution in [0.5, 0.6) is 0 Å². The van der Waals surface area contributed by atoms with E-state index in [9.17, 15) is 9.59 Å². The summed E-state index contributed by atoms with van der Waals surface area (Å²) in [5.74, 6) is 0.241. The Morgan fingerprint density at radius 3 is 2.29 bits per heavy atom. The first-order chi connectivity index (χ1) is 16.0. The van der Waals surface area contributed by atoms with E-state index >= 15 is 0 Å². The van der Waals surface area contributed by atoms with Crippen molar-refractivity contribution in [2.24, 2.45) is 0 Å². The molecule has 180 valence electrons. The van der Waals surface area contributed by atoms with Crippen LogP contribution in [0.3, 0.4) is 0 Å². The molecule has 0 radical (unpaired) electrons. The number of nitrogens with zero attached hydrogens (tertiary/aromatic N) is 3. The summed E-state index contributed by atoms with van der Waals surface area (Å²) in [5.41, 5.74) is 2.53. The van der Waals surface area contributed by atoms with Crippen LogP contribution in [0.25, 0.3) is 5.69 Å². The second-order valence-corrected chi connectivity index (χ2v) is 10.1. The molecule has 3 aromatic rings. The van der Waals surface area contributed by atoms with Gasteiger partial charge in [-0.3, -0.25) is 9.59 Å². The van der Waals surface area contributed by atoms with Crippen LogP contribution in [0, 0.1) is 0 Å². The Morgan fingerprint density at radius 1 is 1.06 bits per heavy atom. The third kappa shape index (κ3) is 6.70. The summed E-state index contributed by atoms with van der Waals surface area (Å²) in [6.45, 7) is 10.0. The molecule has 1 heterocycles. The van der Waals surface area contributed by atoms with Crippen LogP contribution in [-0.2, 0) is 21.4 Å². The van der Waals surface area contributed by atoms with Gasteiger partial charge in [0.1, 0.15) is 12.4 Å². The van der Waals surface area contributed by atoms with E-state index in [4.69, 9.17) is 16.7 Å². The Kier molecular flexibility index (Phi) is 8.15. The minimum absolute atomic E-state index is 0.0259. The number of hydrogen-bond donors (Lipinski definition) is 1. The molecule has 3 rings (SSSR count). The number of anilines is 1. The molecule has 0 bridgehead atoms. The van der Waals surface area contributed by atoms with Gasteiger partial charge in [-0.1, -0.05) is 62.7 Å². The zero-order chi connectivity index (χ0) is 24.9. The van der Waals surface area contributed by atoms with E-state index in [0.717, 1.165) is 16.9 Å². The lowest BCUT2D eigenvalue weighted by atomic mass is 9.92. The lowest BCUT2D eigenvalue weighted by molar-refractivity contribution is -0.136. The summed E-state index contributed by atoms with van der Waals surface area (Å²) in [4.78, 5) is 27.6. The van der Waals surface area contributed by atoms with Crippen LogP contribution >= 0.6 is 11.6 Å². The second-order valence-electron chi connectivity index (χ2n) is 9.70. The Bertz CT molecular complexity index is 1120. The van der Waals surface area contributed by atoms with Crippen molar-refractivity contribution < 1.29 is 9.59 Å². The molecule has 0 aliphatic rings. The minimum atomic E-state index is -0.266. The summed E-state index contributed by atoms with van der Waals surface area (Å²) in [6.07, 6.45) is 0.995. The van der Waals surface area contributed by atoms with E-state index in [1.165, 1.54) is 0 Å². The molecular formula is C27H33ClN4O2. The van der Waals surface area contributed by atoms with E-state index in [0.29, 0.717) is 23.7 Å². The molecule has 1 aromatic heterocycles. The van der Waals surface area contributed by atoms with Crippen LogP contribution in [0.15, 0.2) is 60.7 Å². The van der Waals surface area contributed by atoms with Crippen molar-refractivity contribution in [1.29, 1.82) is 0 Å². The zero-order valence-corrected chi connectivity index (χ0v) is 21.3. The normalized spacial score (nSPS) is 11.5. The Hall–Kier alpha value is -3.12. The molecule has 6 nitrogen and oxygen atoms in total. The van der Waals surface area contributed by atoms with Gasteiger partial charge in [-0.05, 0) is 50.1 Å². The number of hydrogen-bond acceptors (Lipinski definition) is 3. The quantitative estimate of drug-likeness (QED) is 0.454. The molecule has 0 unspecified atom stereocenters. The van der Waals surface area contributed by atoms with Gasteiger partial charge in [-0.2, -0.15) is 5.10 Å². The number of carbonyl (C=O) groups excluding carboxylic acids is 2. The van der Waals surface area contributed by atoms with Crippen LogP contribution < -0.4 is 5.32 Å². The van der Waals surface area contributed by atoms with Gasteiger partial charge in [-0.15, -0.1) is 0 Å². The number of aryl methyl sites for hydroxylation is 1. The Balaban J connectivity index is 1.75. The average Bonchev–Trinajstić information content (AvgIpc) is 3.21. The largest absolute Gasteiger partial charge is 0.331 e. The molecule has 0 saturated carbocycles. The molecular weight excluding hydrogens is 448 g/mol. The maximum atomic E-state index is 13.0. The smallest absolute Gasteiger partial charge is 0.245 e. The monoisotopic (exact) mass is 480 g/mol. The SMILES string of the molecule is CC(C)N(CC(=O)Nc1cc(C(C)(C)C)nn1-c1ccc(Cl)cc1)C(=O)CCc1ccccc1. The third-order valence-electron chi connectivity index (χ3n) is 5.54. The summed E-state index contributed by atoms with van der Waals surface area (Å²) in [7, 11) is 0. The summed E-state index contributed by atoms with van der Waals surface area (Å²) in [6, 6.07) is 18.9. The van der Waals surface area contributed by atoms with Crippen molar-refractivity contribution >= 4 is 29.2 Å². The highest BCUT2D eigenvalue weighted by atomic mass is 35.5. The fraction of sp³-hybridized carbons (Fsp3) is 0.370. The molecule has 0 aliphatic heterocycles. The minimum Gasteiger partial charge on any atom is -0.331 e. The standard InChI is InChI=1S/C27H33ClN4O2/c1-19(2)31(26(34)16-11-20-9-7-6-8-10-20)18-25(33)29-24-17-23(27(3,4)5)30-32(24)22-14-12-21(28)13-15-22/h6-10,12-15,17,19H,11,16,18H2,1-5H3,(H,29,33). The Morgan fingerprint density at radius 2 is 1.71 bits per heavy atom. The molecule has 34 heavy (non-hydrogen) atoms. The van der Waals surface area contributed by atoms with Gasteiger partial charge in [0.25, 0.3) is 0 Å². The van der Waals surface area contributed by atoms with E-state index in [1.54, 1.807) is 21.7 Å². The van der Waals surface area contributed by atoms with Crippen molar-refractivity contribution in [3.63, 3.8) is 0 Å². The summed E-state index contributed by atoms with van der Waals surface area (Å²) < 4.78 is 1.70. The van der Waals surface area contributed by atoms with Crippen LogP contribution in [0.1, 0.15) is 52.3 Å². The number of aromatic nitrogens is 2. The number of rotatable bonds is 8. The van der Waals surface area contributed by atoms with Crippen LogP contribution in [0.2, 0.25) is 5.02 Å². The van der Waals surface area contributed by atoms with Crippen LogP contribution in [-0.4, -0.2) is 39.1 Å². The number of carbonyl (C=O) groups is 2. The first-order valence-electron chi connectivity index (χ1n) is 11.5. The van der Waals surface area contributed by atoms with Gasteiger partial charge in [0.15, 0.2) is 0 Å². The number of nitrogens with one attached hydrogen (secondary N) is 1. The van der Waals surface area contributed by atoms with Crippen molar-refractivity contribution in [3.8, 4) is 5.69 Å². The maximum Gasteiger partial charge on any atom is 0.245 e. The van der Waals surface area contributed by atoms with Gasteiger partial charge in [-0.25, -0.2) is 4.68 Å². The highest BCUT2D eigenvalue weighted by Gasteiger charge is 2.24. The predicted molar refractivity (Wildman–Crippen MR) is 138 cm³/mol. The molecule has 1 N–H and O–H groups in total. The predicted octanol–water partition coefficient (Wildman–Crippen LogP) is 5.63. The highest BCUT2D eigenvalue weighted by molar-refractivity contribution is 6.30. The van der Waals surface area contributed by atoms with Crippen LogP contribution in [0.4, 0.5) is 5.82 Å². The highest BCUT2D eigenvalue weighted by Crippen LogP contribution is 2.27. The number of benzene rings is 2. The molecule has 0 fully saturated rings. The van der Waals surface area contributed by atoms with Gasteiger partial charge >= 0.3 is 0 Å². The molecule has 2 aromatic carbocycles. The maximum absolute atomic E-state index is 13.0. The molecule has 0 atom stereocenters. The molecule has 2 amide bonds. The van der Waals surface area contributed by atoms with Crippen molar-refractivity contribution in [2.45, 2.75) is 58.9 Å². The summed E-state index contributed by atoms with van der Waals surface area (Å²) in [5, 5.41) is 8.31. The fourth-order valence-corrected chi connectivity index (χ4v) is 3.68. The van der Waals surface area contributed by atoms with E-state index in [2.05, 4.69) is 26.1 Å². The van der Waals surface area contributed by atoms with Crippen molar-refractivity contribution in [1.82, 2.24) is 14.7 Å². The first kappa shape index (κ1) is 25.5. The fourth-order valence-electron chi connectivity index (χ4n) is 3.55. The Labute approximate surface area is 206 Å². The topological polar surface area (TPSA) is 67.2 Å². The molecule has 0 spiro atoms. The average molecular weight is 481 g/mol. The molecule has 0 aliphatic carbocycles. The van der Waals surface area contributed by atoms with Crippen molar-refractivity contribution in [3.05, 3.63) is 76.9 Å². The van der Waals surface area contributed by atoms with Gasteiger partial charge in [0.05, 0.1) is 11.4 Å². The van der Waals surface area contributed by atoms with Crippen molar-refractivity contribution in [2.75, 3.05) is 11.9 Å². The zero-order valence-electron chi connectivity index (χ0n) is 20.5. The first-order valence-corrected chi connectivity index (χ1v) is 11.9. The number of amides is 2. The molecule has 7 heteroatoms. The van der Waals surface area contributed by atoms with E-state index < -0.39 is 0 Å². The summed E-state index contributed by atoms with van der Waals surface area (Å²) >= 11 is 6.05. The lowest BCUT2D eigenvalue weighted by Crippen LogP contribution is -2.42. The second kappa shape index (κ2) is 10.9. The third-order valence-corrected chi connectivity index (χ3v) is 5.80. The molecule has 0 saturated heterocycles. The van der Waals surface area contributed by atoms with E-state index in [1.807, 2.05) is 62.4 Å². The van der Waals surface area contributed by atoms with E-state index in [-0.39, 0.29) is 29.8 Å². The van der Waals surface area contributed by atoms with Gasteiger partial charge < -0.3 is 10.2 Å². The van der Waals surface area contributed by atoms with Gasteiger partial charge in [0, 0.05) is 29.0 Å².